The van der Waals surface area contributed by atoms with Gasteiger partial charge in [0.05, 0.1) is 18.9 Å². The first kappa shape index (κ1) is 27.1. The van der Waals surface area contributed by atoms with E-state index < -0.39 is 78.6 Å². The third-order valence-electron chi connectivity index (χ3n) is 3.79. The van der Waals surface area contributed by atoms with Crippen LogP contribution in [-0.2, 0) is 28.8 Å². The Morgan fingerprint density at radius 2 is 1.30 bits per heavy atom. The molecule has 0 spiro atoms. The van der Waals surface area contributed by atoms with Crippen LogP contribution in [0, 0.1) is 5.92 Å². The highest BCUT2D eigenvalue weighted by atomic mass is 32.1. The van der Waals surface area contributed by atoms with Crippen LogP contribution in [0.4, 0.5) is 0 Å². The van der Waals surface area contributed by atoms with Gasteiger partial charge in [0.2, 0.25) is 17.7 Å². The van der Waals surface area contributed by atoms with E-state index >= 15 is 0 Å². The van der Waals surface area contributed by atoms with Crippen molar-refractivity contribution < 1.29 is 44.1 Å². The van der Waals surface area contributed by atoms with E-state index in [1.165, 1.54) is 0 Å². The molecule has 0 aliphatic heterocycles. The lowest BCUT2D eigenvalue weighted by atomic mass is 10.0. The Bertz CT molecular complexity index is 686. The second-order valence-electron chi connectivity index (χ2n) is 6.68. The van der Waals surface area contributed by atoms with Gasteiger partial charge in [0, 0.05) is 5.75 Å². The summed E-state index contributed by atoms with van der Waals surface area (Å²) in [5, 5.41) is 33.2. The molecule has 0 saturated heterocycles. The molecule has 0 aliphatic rings. The van der Waals surface area contributed by atoms with Crippen molar-refractivity contribution in [3.8, 4) is 0 Å². The van der Waals surface area contributed by atoms with Crippen molar-refractivity contribution in [2.45, 2.75) is 50.9 Å². The molecule has 4 unspecified atom stereocenters. The van der Waals surface area contributed by atoms with E-state index in [9.17, 15) is 28.8 Å². The van der Waals surface area contributed by atoms with Gasteiger partial charge in [-0.15, -0.1) is 0 Å². The first-order chi connectivity index (χ1) is 13.8. The van der Waals surface area contributed by atoms with E-state index in [0.29, 0.717) is 0 Å². The number of carboxylic acid groups (broad SMARTS) is 3. The minimum atomic E-state index is -1.65. The summed E-state index contributed by atoms with van der Waals surface area (Å²) in [7, 11) is 0. The van der Waals surface area contributed by atoms with Crippen molar-refractivity contribution in [2.24, 2.45) is 11.7 Å². The summed E-state index contributed by atoms with van der Waals surface area (Å²) in [5.74, 6) is -7.85. The highest BCUT2D eigenvalue weighted by Gasteiger charge is 2.32. The fourth-order valence-electron chi connectivity index (χ4n) is 2.18. The standard InChI is InChI=1S/C16H26N4O9S/c1-6(2)12(15(27)19-9(5-30)16(28)29)20-14(26)8(4-11(23)24)18-13(25)7(17)3-10(21)22/h6-9,12,30H,3-5,17H2,1-2H3,(H,18,25)(H,19,27)(H,20,26)(H,21,22)(H,23,24)(H,28,29). The van der Waals surface area contributed by atoms with Gasteiger partial charge in [0.15, 0.2) is 0 Å². The third-order valence-corrected chi connectivity index (χ3v) is 4.15. The summed E-state index contributed by atoms with van der Waals surface area (Å²) in [6.45, 7) is 3.10. The van der Waals surface area contributed by atoms with Gasteiger partial charge >= 0.3 is 17.9 Å². The molecule has 0 heterocycles. The largest absolute Gasteiger partial charge is 0.481 e. The number of carbonyl (C=O) groups excluding carboxylic acids is 3. The minimum Gasteiger partial charge on any atom is -0.481 e. The summed E-state index contributed by atoms with van der Waals surface area (Å²) < 4.78 is 0. The van der Waals surface area contributed by atoms with Crippen molar-refractivity contribution >= 4 is 48.3 Å². The normalized spacial score (nSPS) is 14.7. The van der Waals surface area contributed by atoms with E-state index in [0.717, 1.165) is 0 Å². The van der Waals surface area contributed by atoms with Crippen LogP contribution in [0.2, 0.25) is 0 Å². The molecule has 0 aliphatic carbocycles. The van der Waals surface area contributed by atoms with Gasteiger partial charge in [-0.3, -0.25) is 24.0 Å². The summed E-state index contributed by atoms with van der Waals surface area (Å²) in [6, 6.07) is -5.74. The molecule has 0 aromatic carbocycles. The Kier molecular flexibility index (Phi) is 11.4. The van der Waals surface area contributed by atoms with Crippen LogP contribution in [0.1, 0.15) is 26.7 Å². The molecule has 13 nitrogen and oxygen atoms in total. The molecule has 0 rings (SSSR count). The van der Waals surface area contributed by atoms with E-state index in [1.807, 2.05) is 5.32 Å². The number of aliphatic carboxylic acids is 3. The summed E-state index contributed by atoms with van der Waals surface area (Å²) in [6.07, 6.45) is -1.61. The van der Waals surface area contributed by atoms with Gasteiger partial charge in [-0.05, 0) is 5.92 Å². The molecule has 14 heteroatoms. The number of nitrogens with one attached hydrogen (secondary N) is 3. The zero-order chi connectivity index (χ0) is 23.6. The second-order valence-corrected chi connectivity index (χ2v) is 7.04. The maximum atomic E-state index is 12.5. The second kappa shape index (κ2) is 12.6. The number of thiol groups is 1. The Morgan fingerprint density at radius 3 is 1.70 bits per heavy atom. The predicted octanol–water partition coefficient (Wildman–Crippen LogP) is -2.61. The van der Waals surface area contributed by atoms with Crippen molar-refractivity contribution in [1.82, 2.24) is 16.0 Å². The summed E-state index contributed by atoms with van der Waals surface area (Å²) >= 11 is 3.82. The van der Waals surface area contributed by atoms with E-state index in [-0.39, 0.29) is 5.75 Å². The smallest absolute Gasteiger partial charge is 0.327 e. The molecule has 4 atom stereocenters. The molecule has 0 saturated carbocycles. The highest BCUT2D eigenvalue weighted by Crippen LogP contribution is 2.05. The zero-order valence-electron chi connectivity index (χ0n) is 16.3. The van der Waals surface area contributed by atoms with E-state index in [4.69, 9.17) is 21.1 Å². The topological polar surface area (TPSA) is 225 Å². The van der Waals surface area contributed by atoms with Gasteiger partial charge in [0.1, 0.15) is 18.1 Å². The molecule has 0 radical (unpaired) electrons. The summed E-state index contributed by atoms with van der Waals surface area (Å²) in [5.41, 5.74) is 5.39. The average molecular weight is 450 g/mol. The van der Waals surface area contributed by atoms with Gasteiger partial charge in [-0.1, -0.05) is 13.8 Å². The lowest BCUT2D eigenvalue weighted by Gasteiger charge is -2.26. The number of rotatable bonds is 13. The van der Waals surface area contributed by atoms with E-state index in [1.54, 1.807) is 13.8 Å². The van der Waals surface area contributed by atoms with Crippen molar-refractivity contribution in [2.75, 3.05) is 5.75 Å². The monoisotopic (exact) mass is 450 g/mol. The molecule has 3 amide bonds. The Morgan fingerprint density at radius 1 is 0.800 bits per heavy atom. The quantitative estimate of drug-likeness (QED) is 0.136. The van der Waals surface area contributed by atoms with Crippen LogP contribution in [0.25, 0.3) is 0 Å². The molecule has 0 aromatic rings. The number of hydrogen-bond donors (Lipinski definition) is 8. The average Bonchev–Trinajstić information content (AvgIpc) is 2.61. The maximum Gasteiger partial charge on any atom is 0.327 e. The van der Waals surface area contributed by atoms with Crippen LogP contribution in [0.15, 0.2) is 0 Å². The first-order valence-corrected chi connectivity index (χ1v) is 9.37. The van der Waals surface area contributed by atoms with Crippen LogP contribution >= 0.6 is 12.6 Å². The lowest BCUT2D eigenvalue weighted by molar-refractivity contribution is -0.143. The van der Waals surface area contributed by atoms with Gasteiger partial charge in [-0.25, -0.2) is 4.79 Å². The van der Waals surface area contributed by atoms with Crippen LogP contribution in [-0.4, -0.2) is 80.9 Å². The summed E-state index contributed by atoms with van der Waals surface area (Å²) in [4.78, 5) is 69.6. The molecule has 8 N–H and O–H groups in total. The van der Waals surface area contributed by atoms with Crippen LogP contribution in [0.5, 0.6) is 0 Å². The predicted molar refractivity (Wildman–Crippen MR) is 105 cm³/mol. The Balaban J connectivity index is 5.38. The number of hydrogen-bond acceptors (Lipinski definition) is 8. The number of carboxylic acids is 3. The molecule has 0 aromatic heterocycles. The van der Waals surface area contributed by atoms with Crippen molar-refractivity contribution in [1.29, 1.82) is 0 Å². The molecule has 0 fully saturated rings. The number of carbonyl (C=O) groups is 6. The molecule has 170 valence electrons. The SMILES string of the molecule is CC(C)C(NC(=O)C(CC(=O)O)NC(=O)C(N)CC(=O)O)C(=O)NC(CS)C(=O)O. The van der Waals surface area contributed by atoms with Crippen LogP contribution in [0.3, 0.4) is 0 Å². The Hall–Kier alpha value is -2.87. The number of nitrogens with two attached hydrogens (primary N) is 1. The zero-order valence-corrected chi connectivity index (χ0v) is 17.2. The number of amides is 3. The van der Waals surface area contributed by atoms with E-state index in [2.05, 4.69) is 23.3 Å². The first-order valence-electron chi connectivity index (χ1n) is 8.74. The van der Waals surface area contributed by atoms with Gasteiger partial charge < -0.3 is 37.0 Å². The van der Waals surface area contributed by atoms with Crippen LogP contribution < -0.4 is 21.7 Å². The minimum absolute atomic E-state index is 0.209. The fourth-order valence-corrected chi connectivity index (χ4v) is 2.43. The molecular formula is C16H26N4O9S. The maximum absolute atomic E-state index is 12.5. The Labute approximate surface area is 177 Å². The molecule has 0 bridgehead atoms. The fraction of sp³-hybridized carbons (Fsp3) is 0.625. The molecule has 30 heavy (non-hydrogen) atoms. The van der Waals surface area contributed by atoms with Crippen molar-refractivity contribution in [3.63, 3.8) is 0 Å². The van der Waals surface area contributed by atoms with Crippen molar-refractivity contribution in [3.05, 3.63) is 0 Å². The molecular weight excluding hydrogens is 424 g/mol. The lowest BCUT2D eigenvalue weighted by Crippen LogP contribution is -2.59. The van der Waals surface area contributed by atoms with Gasteiger partial charge in [-0.2, -0.15) is 12.6 Å². The van der Waals surface area contributed by atoms with Gasteiger partial charge in [0.25, 0.3) is 0 Å². The third kappa shape index (κ3) is 9.56. The highest BCUT2D eigenvalue weighted by molar-refractivity contribution is 7.80.